The zero-order valence-corrected chi connectivity index (χ0v) is 12.9. The van der Waals surface area contributed by atoms with E-state index in [9.17, 15) is 0 Å². The zero-order chi connectivity index (χ0) is 14.9. The summed E-state index contributed by atoms with van der Waals surface area (Å²) in [6.07, 6.45) is 1.89. The van der Waals surface area contributed by atoms with Crippen LogP contribution in [0, 0.1) is 20.8 Å². The maximum Gasteiger partial charge on any atom is 0.241 e. The van der Waals surface area contributed by atoms with Gasteiger partial charge in [-0.15, -0.1) is 0 Å². The number of anilines is 1. The van der Waals surface area contributed by atoms with E-state index in [1.807, 2.05) is 14.0 Å². The highest BCUT2D eigenvalue weighted by atomic mass is 16.5. The van der Waals surface area contributed by atoms with E-state index in [0.717, 1.165) is 35.4 Å². The van der Waals surface area contributed by atoms with E-state index in [2.05, 4.69) is 38.0 Å². The molecule has 2 rings (SSSR count). The lowest BCUT2D eigenvalue weighted by Gasteiger charge is -2.14. The molecule has 20 heavy (non-hydrogen) atoms. The fourth-order valence-corrected chi connectivity index (χ4v) is 2.30. The molecule has 0 aliphatic heterocycles. The molecule has 0 spiro atoms. The first-order chi connectivity index (χ1) is 9.45. The normalized spacial score (nSPS) is 10.8. The third kappa shape index (κ3) is 2.50. The second kappa shape index (κ2) is 5.57. The summed E-state index contributed by atoms with van der Waals surface area (Å²) in [5, 5.41) is 4.44. The van der Waals surface area contributed by atoms with Crippen molar-refractivity contribution in [3.8, 4) is 11.6 Å². The Morgan fingerprint density at radius 1 is 1.20 bits per heavy atom. The van der Waals surface area contributed by atoms with Crippen molar-refractivity contribution in [1.82, 2.24) is 9.78 Å². The van der Waals surface area contributed by atoms with Gasteiger partial charge < -0.3 is 10.5 Å². The molecule has 2 aromatic rings. The predicted octanol–water partition coefficient (Wildman–Crippen LogP) is 3.67. The molecule has 0 radical (unpaired) electrons. The molecule has 1 heterocycles. The predicted molar refractivity (Wildman–Crippen MR) is 82.3 cm³/mol. The van der Waals surface area contributed by atoms with E-state index in [1.165, 1.54) is 5.56 Å². The van der Waals surface area contributed by atoms with Crippen LogP contribution in [-0.2, 0) is 13.5 Å². The fourth-order valence-electron chi connectivity index (χ4n) is 2.30. The van der Waals surface area contributed by atoms with Gasteiger partial charge in [0.15, 0.2) is 0 Å². The van der Waals surface area contributed by atoms with Crippen molar-refractivity contribution in [2.75, 3.05) is 5.73 Å². The number of nitrogens with two attached hydrogens (primary N) is 1. The van der Waals surface area contributed by atoms with Crippen molar-refractivity contribution in [3.63, 3.8) is 0 Å². The number of hydrogen-bond donors (Lipinski definition) is 1. The van der Waals surface area contributed by atoms with Crippen molar-refractivity contribution >= 4 is 5.69 Å². The molecule has 0 fully saturated rings. The number of nitrogen functional groups attached to an aromatic ring is 1. The largest absolute Gasteiger partial charge is 0.437 e. The minimum absolute atomic E-state index is 0.630. The van der Waals surface area contributed by atoms with Gasteiger partial charge in [0, 0.05) is 7.05 Å². The molecule has 0 aliphatic carbocycles. The third-order valence-corrected chi connectivity index (χ3v) is 3.67. The van der Waals surface area contributed by atoms with Gasteiger partial charge in [0.2, 0.25) is 5.88 Å². The smallest absolute Gasteiger partial charge is 0.241 e. The SMILES string of the molecule is CCCc1nn(C)c(Oc2c(C)ccc(C)c2C)c1N. The van der Waals surface area contributed by atoms with Crippen molar-refractivity contribution in [2.45, 2.75) is 40.5 Å². The number of ether oxygens (including phenoxy) is 1. The molecule has 108 valence electrons. The van der Waals surface area contributed by atoms with Crippen LogP contribution in [-0.4, -0.2) is 9.78 Å². The van der Waals surface area contributed by atoms with Gasteiger partial charge in [-0.2, -0.15) is 5.10 Å². The Kier molecular flexibility index (Phi) is 4.02. The van der Waals surface area contributed by atoms with Gasteiger partial charge in [0.25, 0.3) is 0 Å². The number of nitrogens with zero attached hydrogens (tertiary/aromatic N) is 2. The summed E-state index contributed by atoms with van der Waals surface area (Å²) in [4.78, 5) is 0. The van der Waals surface area contributed by atoms with Crippen molar-refractivity contribution in [2.24, 2.45) is 7.05 Å². The highest BCUT2D eigenvalue weighted by Gasteiger charge is 2.17. The van der Waals surface area contributed by atoms with Gasteiger partial charge in [-0.05, 0) is 43.9 Å². The summed E-state index contributed by atoms with van der Waals surface area (Å²) < 4.78 is 7.81. The Hall–Kier alpha value is -1.97. The molecule has 0 aliphatic rings. The quantitative estimate of drug-likeness (QED) is 0.924. The highest BCUT2D eigenvalue weighted by molar-refractivity contribution is 5.56. The Morgan fingerprint density at radius 2 is 1.85 bits per heavy atom. The van der Waals surface area contributed by atoms with Crippen molar-refractivity contribution in [3.05, 3.63) is 34.5 Å². The fraction of sp³-hybridized carbons (Fsp3) is 0.438. The molecule has 0 bridgehead atoms. The molecule has 0 saturated carbocycles. The van der Waals surface area contributed by atoms with Gasteiger partial charge in [0.05, 0.1) is 5.69 Å². The van der Waals surface area contributed by atoms with E-state index < -0.39 is 0 Å². The molecule has 0 saturated heterocycles. The van der Waals surface area contributed by atoms with Gasteiger partial charge in [0.1, 0.15) is 11.4 Å². The standard InChI is InChI=1S/C16H23N3O/c1-6-7-13-14(17)16(19(5)18-13)20-15-11(3)9-8-10(2)12(15)4/h8-9H,6-7,17H2,1-5H3. The Balaban J connectivity index is 2.43. The topological polar surface area (TPSA) is 53.1 Å². The maximum atomic E-state index is 6.17. The minimum Gasteiger partial charge on any atom is -0.437 e. The molecule has 2 N–H and O–H groups in total. The van der Waals surface area contributed by atoms with Gasteiger partial charge in [-0.1, -0.05) is 25.5 Å². The summed E-state index contributed by atoms with van der Waals surface area (Å²) in [6, 6.07) is 4.17. The van der Waals surface area contributed by atoms with Gasteiger partial charge >= 0.3 is 0 Å². The Labute approximate surface area is 120 Å². The lowest BCUT2D eigenvalue weighted by Crippen LogP contribution is -2.00. The van der Waals surface area contributed by atoms with E-state index in [4.69, 9.17) is 10.5 Å². The van der Waals surface area contributed by atoms with Gasteiger partial charge in [-0.3, -0.25) is 0 Å². The molecular formula is C16H23N3O. The average molecular weight is 273 g/mol. The summed E-state index contributed by atoms with van der Waals surface area (Å²) >= 11 is 0. The maximum absolute atomic E-state index is 6.17. The van der Waals surface area contributed by atoms with Crippen LogP contribution in [0.3, 0.4) is 0 Å². The molecule has 1 aromatic carbocycles. The van der Waals surface area contributed by atoms with Crippen LogP contribution < -0.4 is 10.5 Å². The summed E-state index contributed by atoms with van der Waals surface area (Å²) in [7, 11) is 1.87. The summed E-state index contributed by atoms with van der Waals surface area (Å²) in [5.41, 5.74) is 11.2. The zero-order valence-electron chi connectivity index (χ0n) is 12.9. The first-order valence-electron chi connectivity index (χ1n) is 7.01. The molecule has 4 nitrogen and oxygen atoms in total. The lowest BCUT2D eigenvalue weighted by molar-refractivity contribution is 0.426. The third-order valence-electron chi connectivity index (χ3n) is 3.67. The van der Waals surface area contributed by atoms with Crippen LogP contribution in [0.25, 0.3) is 0 Å². The number of rotatable bonds is 4. The van der Waals surface area contributed by atoms with E-state index in [0.29, 0.717) is 11.6 Å². The van der Waals surface area contributed by atoms with Crippen LogP contribution in [0.1, 0.15) is 35.7 Å². The van der Waals surface area contributed by atoms with Crippen molar-refractivity contribution in [1.29, 1.82) is 0 Å². The molecule has 4 heteroatoms. The molecular weight excluding hydrogens is 250 g/mol. The average Bonchev–Trinajstić information content (AvgIpc) is 2.66. The van der Waals surface area contributed by atoms with Crippen LogP contribution in [0.4, 0.5) is 5.69 Å². The molecule has 0 atom stereocenters. The number of benzene rings is 1. The Bertz CT molecular complexity index is 629. The Morgan fingerprint density at radius 3 is 2.50 bits per heavy atom. The number of hydrogen-bond acceptors (Lipinski definition) is 3. The molecule has 0 amide bonds. The van der Waals surface area contributed by atoms with Crippen LogP contribution in [0.2, 0.25) is 0 Å². The van der Waals surface area contributed by atoms with Crippen molar-refractivity contribution < 1.29 is 4.74 Å². The first kappa shape index (κ1) is 14.4. The second-order valence-electron chi connectivity index (χ2n) is 5.29. The summed E-state index contributed by atoms with van der Waals surface area (Å²) in [5.74, 6) is 1.51. The second-order valence-corrected chi connectivity index (χ2v) is 5.29. The van der Waals surface area contributed by atoms with E-state index >= 15 is 0 Å². The lowest BCUT2D eigenvalue weighted by atomic mass is 10.1. The number of aromatic nitrogens is 2. The highest BCUT2D eigenvalue weighted by Crippen LogP contribution is 2.34. The summed E-state index contributed by atoms with van der Waals surface area (Å²) in [6.45, 7) is 8.30. The van der Waals surface area contributed by atoms with Gasteiger partial charge in [-0.25, -0.2) is 4.68 Å². The van der Waals surface area contributed by atoms with Crippen LogP contribution in [0.15, 0.2) is 12.1 Å². The molecule has 0 unspecified atom stereocenters. The van der Waals surface area contributed by atoms with Crippen LogP contribution in [0.5, 0.6) is 11.6 Å². The monoisotopic (exact) mass is 273 g/mol. The number of aryl methyl sites for hydroxylation is 4. The minimum atomic E-state index is 0.630. The first-order valence-corrected chi connectivity index (χ1v) is 7.01. The van der Waals surface area contributed by atoms with E-state index in [-0.39, 0.29) is 0 Å². The molecule has 1 aromatic heterocycles. The van der Waals surface area contributed by atoms with E-state index in [1.54, 1.807) is 4.68 Å². The van der Waals surface area contributed by atoms with Crippen LogP contribution >= 0.6 is 0 Å².